The molecule has 0 amide bonds. The summed E-state index contributed by atoms with van der Waals surface area (Å²) in [5.74, 6) is 0.439. The van der Waals surface area contributed by atoms with Gasteiger partial charge >= 0.3 is 0 Å². The van der Waals surface area contributed by atoms with Gasteiger partial charge in [-0.25, -0.2) is 9.97 Å². The second-order valence-electron chi connectivity index (χ2n) is 6.81. The molecule has 0 fully saturated rings. The van der Waals surface area contributed by atoms with Gasteiger partial charge in [0.15, 0.2) is 0 Å². The van der Waals surface area contributed by atoms with Crippen molar-refractivity contribution in [1.29, 1.82) is 0 Å². The molecule has 2 aromatic carbocycles. The van der Waals surface area contributed by atoms with Gasteiger partial charge in [0.05, 0.1) is 22.8 Å². The fourth-order valence-electron chi connectivity index (χ4n) is 3.18. The highest BCUT2D eigenvalue weighted by atomic mass is 16.3. The lowest BCUT2D eigenvalue weighted by atomic mass is 10.1. The Morgan fingerprint density at radius 1 is 0.607 bits per heavy atom. The van der Waals surface area contributed by atoms with E-state index >= 15 is 0 Å². The summed E-state index contributed by atoms with van der Waals surface area (Å²) >= 11 is 0. The topological polar surface area (TPSA) is 66.2 Å². The van der Waals surface area contributed by atoms with Crippen molar-refractivity contribution in [3.8, 4) is 45.4 Å². The molecule has 138 valence electrons. The molecule has 0 saturated heterocycles. The average Bonchev–Trinajstić information content (AvgIpc) is 2.70. The van der Waals surface area contributed by atoms with Gasteiger partial charge in [0, 0.05) is 11.1 Å². The predicted octanol–water partition coefficient (Wildman–Crippen LogP) is 5.51. The van der Waals surface area contributed by atoms with Crippen LogP contribution in [0.2, 0.25) is 0 Å². The first kappa shape index (κ1) is 17.7. The largest absolute Gasteiger partial charge is 0.507 e. The molecule has 4 nitrogen and oxygen atoms in total. The number of benzene rings is 2. The molecular formula is C24H20N2O2. The maximum absolute atomic E-state index is 10.4. The van der Waals surface area contributed by atoms with E-state index in [1.807, 2.05) is 80.6 Å². The number of para-hydroxylation sites is 1. The third kappa shape index (κ3) is 3.32. The minimum atomic E-state index is 0.205. The zero-order valence-electron chi connectivity index (χ0n) is 15.7. The highest BCUT2D eigenvalue weighted by Gasteiger charge is 2.11. The summed E-state index contributed by atoms with van der Waals surface area (Å²) in [6, 6.07) is 22.5. The quantitative estimate of drug-likeness (QED) is 0.501. The van der Waals surface area contributed by atoms with Gasteiger partial charge in [0.2, 0.25) is 0 Å². The average molecular weight is 368 g/mol. The molecule has 0 atom stereocenters. The van der Waals surface area contributed by atoms with Crippen LogP contribution in [0.15, 0.2) is 72.8 Å². The predicted molar refractivity (Wildman–Crippen MR) is 111 cm³/mol. The van der Waals surface area contributed by atoms with Gasteiger partial charge in [-0.05, 0) is 67.4 Å². The third-order valence-corrected chi connectivity index (χ3v) is 4.70. The molecule has 4 heteroatoms. The Morgan fingerprint density at radius 3 is 1.82 bits per heavy atom. The lowest BCUT2D eigenvalue weighted by Crippen LogP contribution is -1.93. The maximum atomic E-state index is 10.4. The number of pyridine rings is 2. The van der Waals surface area contributed by atoms with Crippen molar-refractivity contribution in [2.45, 2.75) is 13.8 Å². The number of phenolic OH excluding ortho intramolecular Hbond substituents is 2. The fourth-order valence-corrected chi connectivity index (χ4v) is 3.18. The number of phenols is 2. The molecular weight excluding hydrogens is 348 g/mol. The first-order chi connectivity index (χ1) is 13.5. The number of aryl methyl sites for hydroxylation is 2. The smallest absolute Gasteiger partial charge is 0.127 e. The van der Waals surface area contributed by atoms with E-state index in [1.54, 1.807) is 6.07 Å². The molecule has 0 unspecified atom stereocenters. The maximum Gasteiger partial charge on any atom is 0.127 e. The van der Waals surface area contributed by atoms with Crippen molar-refractivity contribution in [3.63, 3.8) is 0 Å². The van der Waals surface area contributed by atoms with Gasteiger partial charge in [0.25, 0.3) is 0 Å². The van der Waals surface area contributed by atoms with E-state index in [-0.39, 0.29) is 11.5 Å². The van der Waals surface area contributed by atoms with Crippen LogP contribution in [0.3, 0.4) is 0 Å². The molecule has 28 heavy (non-hydrogen) atoms. The van der Waals surface area contributed by atoms with Crippen LogP contribution in [0.5, 0.6) is 11.5 Å². The van der Waals surface area contributed by atoms with E-state index in [1.165, 1.54) is 0 Å². The summed E-state index contributed by atoms with van der Waals surface area (Å²) in [6.07, 6.45) is 0. The van der Waals surface area contributed by atoms with E-state index in [4.69, 9.17) is 9.97 Å². The Labute approximate surface area is 163 Å². The number of aromatic hydroxyl groups is 2. The van der Waals surface area contributed by atoms with E-state index in [0.29, 0.717) is 33.9 Å². The zero-order chi connectivity index (χ0) is 19.7. The van der Waals surface area contributed by atoms with Crippen molar-refractivity contribution in [2.75, 3.05) is 0 Å². The molecule has 4 aromatic rings. The van der Waals surface area contributed by atoms with Crippen molar-refractivity contribution in [3.05, 3.63) is 83.9 Å². The van der Waals surface area contributed by atoms with Gasteiger partial charge in [-0.3, -0.25) is 0 Å². The van der Waals surface area contributed by atoms with Crippen LogP contribution in [0.1, 0.15) is 11.1 Å². The van der Waals surface area contributed by atoms with Crippen LogP contribution in [-0.2, 0) is 0 Å². The number of hydrogen-bond acceptors (Lipinski definition) is 4. The molecule has 4 rings (SSSR count). The first-order valence-corrected chi connectivity index (χ1v) is 9.06. The first-order valence-electron chi connectivity index (χ1n) is 9.06. The minimum Gasteiger partial charge on any atom is -0.507 e. The van der Waals surface area contributed by atoms with Gasteiger partial charge in [-0.2, -0.15) is 0 Å². The lowest BCUT2D eigenvalue weighted by molar-refractivity contribution is 0.473. The number of aromatic nitrogens is 2. The van der Waals surface area contributed by atoms with Crippen LogP contribution in [0.4, 0.5) is 0 Å². The Kier molecular flexibility index (Phi) is 4.53. The summed E-state index contributed by atoms with van der Waals surface area (Å²) in [6.45, 7) is 3.80. The van der Waals surface area contributed by atoms with Crippen LogP contribution in [0, 0.1) is 13.8 Å². The molecule has 0 radical (unpaired) electrons. The Bertz CT molecular complexity index is 1170. The second-order valence-corrected chi connectivity index (χ2v) is 6.81. The summed E-state index contributed by atoms with van der Waals surface area (Å²) in [7, 11) is 0. The van der Waals surface area contributed by atoms with E-state index < -0.39 is 0 Å². The molecule has 0 aliphatic rings. The number of rotatable bonds is 3. The number of hydrogen-bond donors (Lipinski definition) is 2. The summed E-state index contributed by atoms with van der Waals surface area (Å²) in [5, 5.41) is 20.6. The third-order valence-electron chi connectivity index (χ3n) is 4.70. The SMILES string of the molecule is Cc1ccc(-c2cccc(-c3cccc(-c4cccc(C)c4O)n3)n2)c(O)c1. The molecule has 0 bridgehead atoms. The highest BCUT2D eigenvalue weighted by Crippen LogP contribution is 2.33. The van der Waals surface area contributed by atoms with Crippen LogP contribution >= 0.6 is 0 Å². The van der Waals surface area contributed by atoms with Crippen LogP contribution < -0.4 is 0 Å². The van der Waals surface area contributed by atoms with Crippen molar-refractivity contribution in [1.82, 2.24) is 9.97 Å². The van der Waals surface area contributed by atoms with E-state index in [0.717, 1.165) is 11.1 Å². The molecule has 2 heterocycles. The molecule has 0 aliphatic carbocycles. The highest BCUT2D eigenvalue weighted by molar-refractivity contribution is 5.73. The summed E-state index contributed by atoms with van der Waals surface area (Å²) in [5.41, 5.74) is 5.93. The van der Waals surface area contributed by atoms with E-state index in [9.17, 15) is 10.2 Å². The summed E-state index contributed by atoms with van der Waals surface area (Å²) < 4.78 is 0. The molecule has 2 N–H and O–H groups in total. The van der Waals surface area contributed by atoms with E-state index in [2.05, 4.69) is 0 Å². The lowest BCUT2D eigenvalue weighted by Gasteiger charge is -2.10. The van der Waals surface area contributed by atoms with Crippen molar-refractivity contribution in [2.24, 2.45) is 0 Å². The summed E-state index contributed by atoms with van der Waals surface area (Å²) in [4.78, 5) is 9.40. The van der Waals surface area contributed by atoms with Gasteiger partial charge < -0.3 is 10.2 Å². The van der Waals surface area contributed by atoms with Crippen molar-refractivity contribution < 1.29 is 10.2 Å². The molecule has 0 aliphatic heterocycles. The number of nitrogens with zero attached hydrogens (tertiary/aromatic N) is 2. The molecule has 0 saturated carbocycles. The Balaban J connectivity index is 1.77. The Morgan fingerprint density at radius 2 is 1.18 bits per heavy atom. The monoisotopic (exact) mass is 368 g/mol. The van der Waals surface area contributed by atoms with Crippen LogP contribution in [-0.4, -0.2) is 20.2 Å². The standard InChI is InChI=1S/C24H20N2O2/c1-15-12-13-17(23(27)14-15)19-8-4-10-21(25-19)22-11-5-9-20(26-22)18-7-3-6-16(2)24(18)28/h3-14,27-28H,1-2H3. The minimum absolute atomic E-state index is 0.205. The zero-order valence-corrected chi connectivity index (χ0v) is 15.7. The van der Waals surface area contributed by atoms with Gasteiger partial charge in [-0.1, -0.05) is 30.3 Å². The van der Waals surface area contributed by atoms with Gasteiger partial charge in [-0.15, -0.1) is 0 Å². The van der Waals surface area contributed by atoms with Gasteiger partial charge in [0.1, 0.15) is 11.5 Å². The second kappa shape index (κ2) is 7.16. The fraction of sp³-hybridized carbons (Fsp3) is 0.0833. The molecule has 0 spiro atoms. The molecule has 2 aromatic heterocycles. The normalized spacial score (nSPS) is 10.8. The van der Waals surface area contributed by atoms with Crippen molar-refractivity contribution >= 4 is 0 Å². The Hall–Kier alpha value is -3.66. The van der Waals surface area contributed by atoms with Crippen LogP contribution in [0.25, 0.3) is 33.9 Å².